The van der Waals surface area contributed by atoms with Gasteiger partial charge in [0.25, 0.3) is 0 Å². The van der Waals surface area contributed by atoms with Gasteiger partial charge in [-0.25, -0.2) is 0 Å². The number of nitrogens with zero attached hydrogens (tertiary/aromatic N) is 1. The first kappa shape index (κ1) is 19.0. The highest BCUT2D eigenvalue weighted by Gasteiger charge is 2.36. The van der Waals surface area contributed by atoms with E-state index < -0.39 is 5.92 Å². The smallest absolute Gasteiger partial charge is 0.229 e. The Morgan fingerprint density at radius 3 is 2.59 bits per heavy atom. The number of aryl methyl sites for hydroxylation is 1. The number of nitrogens with one attached hydrogen (secondary N) is 1. The van der Waals surface area contributed by atoms with Gasteiger partial charge in [0.15, 0.2) is 0 Å². The summed E-state index contributed by atoms with van der Waals surface area (Å²) in [6, 6.07) is 10.7. The second kappa shape index (κ2) is 7.88. The lowest BCUT2D eigenvalue weighted by Gasteiger charge is -2.19. The third kappa shape index (κ3) is 3.85. The van der Waals surface area contributed by atoms with Crippen LogP contribution in [-0.4, -0.2) is 32.6 Å². The maximum absolute atomic E-state index is 12.7. The van der Waals surface area contributed by atoms with Crippen LogP contribution in [0.5, 0.6) is 11.5 Å². The Labute approximate surface area is 163 Å². The number of benzene rings is 2. The number of hydrogen-bond donors (Lipinski definition) is 1. The van der Waals surface area contributed by atoms with E-state index in [1.807, 2.05) is 25.1 Å². The van der Waals surface area contributed by atoms with E-state index in [2.05, 4.69) is 5.32 Å². The minimum absolute atomic E-state index is 0.112. The van der Waals surface area contributed by atoms with Crippen molar-refractivity contribution in [3.8, 4) is 11.5 Å². The molecule has 0 spiro atoms. The van der Waals surface area contributed by atoms with Crippen molar-refractivity contribution in [1.29, 1.82) is 0 Å². The molecule has 27 heavy (non-hydrogen) atoms. The van der Waals surface area contributed by atoms with Gasteiger partial charge in [-0.05, 0) is 30.7 Å². The van der Waals surface area contributed by atoms with Crippen LogP contribution in [0.3, 0.4) is 0 Å². The third-order valence-corrected chi connectivity index (χ3v) is 5.02. The average Bonchev–Trinajstić information content (AvgIpc) is 3.06. The molecule has 1 saturated heterocycles. The molecule has 2 aromatic rings. The lowest BCUT2D eigenvalue weighted by Crippen LogP contribution is -2.28. The van der Waals surface area contributed by atoms with E-state index in [1.165, 1.54) is 7.11 Å². The number of carbonyl (C=O) groups is 2. The fraction of sp³-hybridized carbons (Fsp3) is 0.300. The lowest BCUT2D eigenvalue weighted by molar-refractivity contribution is -0.122. The average molecular weight is 389 g/mol. The zero-order chi connectivity index (χ0) is 19.6. The molecule has 1 aliphatic rings. The minimum atomic E-state index is -0.469. The van der Waals surface area contributed by atoms with Crippen molar-refractivity contribution in [2.24, 2.45) is 5.92 Å². The molecule has 7 heteroatoms. The summed E-state index contributed by atoms with van der Waals surface area (Å²) < 4.78 is 10.6. The van der Waals surface area contributed by atoms with Crippen molar-refractivity contribution in [1.82, 2.24) is 0 Å². The second-order valence-corrected chi connectivity index (χ2v) is 6.78. The van der Waals surface area contributed by atoms with Gasteiger partial charge in [-0.15, -0.1) is 0 Å². The number of rotatable bonds is 5. The van der Waals surface area contributed by atoms with Gasteiger partial charge in [-0.2, -0.15) is 0 Å². The maximum Gasteiger partial charge on any atom is 0.229 e. The summed E-state index contributed by atoms with van der Waals surface area (Å²) in [5, 5.41) is 3.42. The standard InChI is InChI=1S/C20H21ClN2O4/c1-12-8-15(18(27-3)10-14(12)21)22-20(25)13-9-19(24)23(11-13)16-6-4-5-7-17(16)26-2/h4-8,10,13H,9,11H2,1-3H3,(H,22,25)/t13-/m0/s1. The Hall–Kier alpha value is -2.73. The molecule has 2 amide bonds. The van der Waals surface area contributed by atoms with Crippen LogP contribution in [0.15, 0.2) is 36.4 Å². The van der Waals surface area contributed by atoms with E-state index in [-0.39, 0.29) is 18.2 Å². The highest BCUT2D eigenvalue weighted by Crippen LogP contribution is 2.35. The summed E-state index contributed by atoms with van der Waals surface area (Å²) >= 11 is 6.11. The van der Waals surface area contributed by atoms with Crippen LogP contribution in [0.2, 0.25) is 5.02 Å². The molecular weight excluding hydrogens is 368 g/mol. The molecule has 1 heterocycles. The molecule has 1 N–H and O–H groups in total. The molecule has 2 aromatic carbocycles. The predicted molar refractivity (Wildman–Crippen MR) is 105 cm³/mol. The molecule has 6 nitrogen and oxygen atoms in total. The summed E-state index contributed by atoms with van der Waals surface area (Å²) in [5.41, 5.74) is 2.03. The highest BCUT2D eigenvalue weighted by atomic mass is 35.5. The van der Waals surface area contributed by atoms with E-state index in [0.717, 1.165) is 5.56 Å². The molecule has 1 fully saturated rings. The normalized spacial score (nSPS) is 16.4. The molecule has 0 radical (unpaired) electrons. The number of hydrogen-bond acceptors (Lipinski definition) is 4. The van der Waals surface area contributed by atoms with Crippen molar-refractivity contribution in [3.63, 3.8) is 0 Å². The number of anilines is 2. The highest BCUT2D eigenvalue weighted by molar-refractivity contribution is 6.31. The quantitative estimate of drug-likeness (QED) is 0.848. The van der Waals surface area contributed by atoms with Crippen molar-refractivity contribution in [2.75, 3.05) is 31.0 Å². The van der Waals surface area contributed by atoms with Crippen molar-refractivity contribution < 1.29 is 19.1 Å². The first-order chi connectivity index (χ1) is 12.9. The van der Waals surface area contributed by atoms with Gasteiger partial charge in [-0.1, -0.05) is 23.7 Å². The van der Waals surface area contributed by atoms with E-state index in [0.29, 0.717) is 34.4 Å². The van der Waals surface area contributed by atoms with E-state index >= 15 is 0 Å². The van der Waals surface area contributed by atoms with Crippen LogP contribution in [0.1, 0.15) is 12.0 Å². The summed E-state index contributed by atoms with van der Waals surface area (Å²) in [6.07, 6.45) is 0.138. The van der Waals surface area contributed by atoms with Crippen molar-refractivity contribution in [3.05, 3.63) is 47.0 Å². The Balaban J connectivity index is 1.78. The molecule has 1 atom stereocenters. The van der Waals surface area contributed by atoms with Crippen LogP contribution in [-0.2, 0) is 9.59 Å². The summed E-state index contributed by atoms with van der Waals surface area (Å²) in [6.45, 7) is 2.14. The van der Waals surface area contributed by atoms with Crippen molar-refractivity contribution >= 4 is 34.8 Å². The van der Waals surface area contributed by atoms with Gasteiger partial charge >= 0.3 is 0 Å². The van der Waals surface area contributed by atoms with Crippen LogP contribution < -0.4 is 19.7 Å². The number of halogens is 1. The number of para-hydroxylation sites is 2. The predicted octanol–water partition coefficient (Wildman–Crippen LogP) is 3.66. The van der Waals surface area contributed by atoms with E-state index in [4.69, 9.17) is 21.1 Å². The molecule has 3 rings (SSSR count). The number of amides is 2. The molecule has 142 valence electrons. The lowest BCUT2D eigenvalue weighted by atomic mass is 10.1. The SMILES string of the molecule is COc1cc(Cl)c(C)cc1NC(=O)[C@H]1CC(=O)N(c2ccccc2OC)C1. The molecule has 0 aliphatic carbocycles. The second-order valence-electron chi connectivity index (χ2n) is 6.37. The molecular formula is C20H21ClN2O4. The Bertz CT molecular complexity index is 884. The van der Waals surface area contributed by atoms with Gasteiger partial charge in [0, 0.05) is 24.1 Å². The van der Waals surface area contributed by atoms with Crippen LogP contribution in [0.25, 0.3) is 0 Å². The summed E-state index contributed by atoms with van der Waals surface area (Å²) in [4.78, 5) is 26.8. The van der Waals surface area contributed by atoms with Gasteiger partial charge in [0.2, 0.25) is 11.8 Å². The number of ether oxygens (including phenoxy) is 2. The van der Waals surface area contributed by atoms with Gasteiger partial charge in [-0.3, -0.25) is 9.59 Å². The summed E-state index contributed by atoms with van der Waals surface area (Å²) in [7, 11) is 3.07. The number of carbonyl (C=O) groups excluding carboxylic acids is 2. The minimum Gasteiger partial charge on any atom is -0.495 e. The van der Waals surface area contributed by atoms with E-state index in [9.17, 15) is 9.59 Å². The first-order valence-electron chi connectivity index (χ1n) is 8.53. The Morgan fingerprint density at radius 1 is 1.19 bits per heavy atom. The van der Waals surface area contributed by atoms with Gasteiger partial charge < -0.3 is 19.7 Å². The molecule has 0 aromatic heterocycles. The molecule has 0 saturated carbocycles. The fourth-order valence-electron chi connectivity index (χ4n) is 3.13. The molecule has 0 unspecified atom stereocenters. The van der Waals surface area contributed by atoms with Crippen LogP contribution in [0, 0.1) is 12.8 Å². The maximum atomic E-state index is 12.7. The third-order valence-electron chi connectivity index (χ3n) is 4.61. The topological polar surface area (TPSA) is 67.9 Å². The Morgan fingerprint density at radius 2 is 1.89 bits per heavy atom. The van der Waals surface area contributed by atoms with E-state index in [1.54, 1.807) is 30.2 Å². The van der Waals surface area contributed by atoms with Crippen LogP contribution >= 0.6 is 11.6 Å². The molecule has 1 aliphatic heterocycles. The van der Waals surface area contributed by atoms with Gasteiger partial charge in [0.05, 0.1) is 31.5 Å². The first-order valence-corrected chi connectivity index (χ1v) is 8.90. The van der Waals surface area contributed by atoms with Gasteiger partial charge in [0.1, 0.15) is 11.5 Å². The zero-order valence-electron chi connectivity index (χ0n) is 15.4. The Kier molecular flexibility index (Phi) is 5.56. The van der Waals surface area contributed by atoms with Crippen LogP contribution in [0.4, 0.5) is 11.4 Å². The van der Waals surface area contributed by atoms with Crippen molar-refractivity contribution in [2.45, 2.75) is 13.3 Å². The zero-order valence-corrected chi connectivity index (χ0v) is 16.2. The largest absolute Gasteiger partial charge is 0.495 e. The fourth-order valence-corrected chi connectivity index (χ4v) is 3.29. The monoisotopic (exact) mass is 388 g/mol. The number of methoxy groups -OCH3 is 2. The molecule has 0 bridgehead atoms. The summed E-state index contributed by atoms with van der Waals surface area (Å²) in [5.74, 6) is 0.259.